The number of ketones is 1. The summed E-state index contributed by atoms with van der Waals surface area (Å²) in [5.74, 6) is -0.706. The third-order valence-electron chi connectivity index (χ3n) is 5.69. The minimum atomic E-state index is -1.87. The smallest absolute Gasteiger partial charge is 0.264 e. The molecule has 1 aliphatic carbocycles. The van der Waals surface area contributed by atoms with Crippen molar-refractivity contribution in [3.8, 4) is 0 Å². The molecule has 4 nitrogen and oxygen atoms in total. The van der Waals surface area contributed by atoms with Gasteiger partial charge >= 0.3 is 0 Å². The number of aryl methyl sites for hydroxylation is 2. The van der Waals surface area contributed by atoms with E-state index < -0.39 is 11.5 Å². The first-order valence-electron chi connectivity index (χ1n) is 9.54. The van der Waals surface area contributed by atoms with Crippen LogP contribution in [0.1, 0.15) is 46.3 Å². The fourth-order valence-electron chi connectivity index (χ4n) is 4.25. The molecule has 144 valence electrons. The molecule has 1 aliphatic heterocycles. The van der Waals surface area contributed by atoms with Gasteiger partial charge in [-0.15, -0.1) is 6.58 Å². The second-order valence-electron chi connectivity index (χ2n) is 7.52. The Labute approximate surface area is 173 Å². The van der Waals surface area contributed by atoms with Crippen LogP contribution in [0, 0.1) is 0 Å². The van der Waals surface area contributed by atoms with Crippen molar-refractivity contribution in [3.63, 3.8) is 0 Å². The third-order valence-corrected chi connectivity index (χ3v) is 6.19. The molecule has 0 radical (unpaired) electrons. The van der Waals surface area contributed by atoms with E-state index in [9.17, 15) is 14.7 Å². The molecule has 0 spiro atoms. The van der Waals surface area contributed by atoms with Crippen molar-refractivity contribution in [3.05, 3.63) is 75.8 Å². The van der Waals surface area contributed by atoms with Crippen LogP contribution < -0.4 is 4.90 Å². The Morgan fingerprint density at radius 1 is 1.18 bits per heavy atom. The van der Waals surface area contributed by atoms with Crippen LogP contribution in [-0.4, -0.2) is 23.3 Å². The van der Waals surface area contributed by atoms with Crippen LogP contribution in [0.3, 0.4) is 0 Å². The molecule has 28 heavy (non-hydrogen) atoms. The molecule has 2 aromatic rings. The number of benzene rings is 2. The first-order valence-corrected chi connectivity index (χ1v) is 10.3. The molecule has 5 heteroatoms. The van der Waals surface area contributed by atoms with Crippen molar-refractivity contribution >= 4 is 33.3 Å². The van der Waals surface area contributed by atoms with Gasteiger partial charge in [0.25, 0.3) is 5.91 Å². The van der Waals surface area contributed by atoms with E-state index >= 15 is 0 Å². The monoisotopic (exact) mass is 439 g/mol. The molecule has 1 amide bonds. The van der Waals surface area contributed by atoms with E-state index in [1.54, 1.807) is 18.2 Å². The number of anilines is 1. The maximum atomic E-state index is 13.0. The number of nitrogens with zero attached hydrogens (tertiary/aromatic N) is 1. The number of halogens is 1. The van der Waals surface area contributed by atoms with Gasteiger partial charge < -0.3 is 10.0 Å². The maximum absolute atomic E-state index is 13.0. The number of rotatable bonds is 5. The summed E-state index contributed by atoms with van der Waals surface area (Å²) in [5.41, 5.74) is 2.27. The second kappa shape index (κ2) is 7.30. The summed E-state index contributed by atoms with van der Waals surface area (Å²) in [6.07, 6.45) is 5.67. The molecule has 0 aromatic heterocycles. The van der Waals surface area contributed by atoms with Crippen molar-refractivity contribution in [1.82, 2.24) is 0 Å². The van der Waals surface area contributed by atoms with E-state index in [4.69, 9.17) is 0 Å². The van der Waals surface area contributed by atoms with Gasteiger partial charge in [0.1, 0.15) is 0 Å². The zero-order chi connectivity index (χ0) is 19.9. The van der Waals surface area contributed by atoms with Crippen LogP contribution in [0.2, 0.25) is 0 Å². The highest BCUT2D eigenvalue weighted by molar-refractivity contribution is 9.10. The topological polar surface area (TPSA) is 57.6 Å². The van der Waals surface area contributed by atoms with E-state index in [2.05, 4.69) is 22.5 Å². The predicted molar refractivity (Wildman–Crippen MR) is 113 cm³/mol. The van der Waals surface area contributed by atoms with Crippen molar-refractivity contribution in [2.24, 2.45) is 0 Å². The molecule has 1 heterocycles. The Morgan fingerprint density at radius 2 is 1.93 bits per heavy atom. The molecule has 1 atom stereocenters. The molecule has 0 unspecified atom stereocenters. The van der Waals surface area contributed by atoms with Crippen LogP contribution >= 0.6 is 15.9 Å². The molecule has 2 aliphatic rings. The lowest BCUT2D eigenvalue weighted by atomic mass is 9.85. The fraction of sp³-hybridized carbons (Fsp3) is 0.304. The highest BCUT2D eigenvalue weighted by atomic mass is 79.9. The molecule has 0 saturated heterocycles. The summed E-state index contributed by atoms with van der Waals surface area (Å²) in [7, 11) is 0. The molecule has 1 N–H and O–H groups in total. The van der Waals surface area contributed by atoms with Crippen LogP contribution in [0.25, 0.3) is 0 Å². The minimum absolute atomic E-state index is 0.226. The highest BCUT2D eigenvalue weighted by Gasteiger charge is 2.50. The standard InChI is InChI=1S/C23H22BrNO3/c1-2-11-25-20-10-9-18(24)13-19(20)23(28,22(25)27)14-21(26)17-8-7-15-5-3-4-6-16(15)12-17/h2,7-10,12-13,28H,1,3-6,11,14H2/t23-/m1/s1. The lowest BCUT2D eigenvalue weighted by molar-refractivity contribution is -0.135. The Hall–Kier alpha value is -2.24. The summed E-state index contributed by atoms with van der Waals surface area (Å²) < 4.78 is 0.749. The number of amides is 1. The minimum Gasteiger partial charge on any atom is -0.375 e. The SMILES string of the molecule is C=CCN1C(=O)[C@@](O)(CC(=O)c2ccc3c(c2)CCCC3)c2cc(Br)ccc21. The summed E-state index contributed by atoms with van der Waals surface area (Å²) >= 11 is 3.40. The summed E-state index contributed by atoms with van der Waals surface area (Å²) in [5, 5.41) is 11.3. The summed E-state index contributed by atoms with van der Waals surface area (Å²) in [4.78, 5) is 27.6. The Bertz CT molecular complexity index is 984. The van der Waals surface area contributed by atoms with Gasteiger partial charge in [0, 0.05) is 22.1 Å². The fourth-order valence-corrected chi connectivity index (χ4v) is 4.61. The summed E-state index contributed by atoms with van der Waals surface area (Å²) in [6.45, 7) is 3.98. The van der Waals surface area contributed by atoms with Crippen LogP contribution in [0.5, 0.6) is 0 Å². The van der Waals surface area contributed by atoms with Gasteiger partial charge in [0.15, 0.2) is 11.4 Å². The van der Waals surface area contributed by atoms with Gasteiger partial charge in [-0.05, 0) is 61.1 Å². The number of hydrogen-bond donors (Lipinski definition) is 1. The Kier molecular flexibility index (Phi) is 4.98. The molecule has 0 bridgehead atoms. The first kappa shape index (κ1) is 19.1. The van der Waals surface area contributed by atoms with Gasteiger partial charge in [-0.3, -0.25) is 9.59 Å². The van der Waals surface area contributed by atoms with E-state index in [1.165, 1.54) is 22.4 Å². The molecule has 2 aromatic carbocycles. The molecular formula is C23H22BrNO3. The molecule has 0 saturated carbocycles. The van der Waals surface area contributed by atoms with E-state index in [0.717, 1.165) is 23.7 Å². The van der Waals surface area contributed by atoms with Gasteiger partial charge in [-0.25, -0.2) is 0 Å². The zero-order valence-corrected chi connectivity index (χ0v) is 17.2. The summed E-state index contributed by atoms with van der Waals surface area (Å²) in [6, 6.07) is 11.1. The quantitative estimate of drug-likeness (QED) is 0.557. The number of fused-ring (bicyclic) bond motifs is 2. The van der Waals surface area contributed by atoms with E-state index in [1.807, 2.05) is 24.3 Å². The molecule has 4 rings (SSSR count). The van der Waals surface area contributed by atoms with Crippen molar-refractivity contribution in [1.29, 1.82) is 0 Å². The lowest BCUT2D eigenvalue weighted by Gasteiger charge is -2.23. The molecular weight excluding hydrogens is 418 g/mol. The van der Waals surface area contributed by atoms with E-state index in [-0.39, 0.29) is 18.7 Å². The average Bonchev–Trinajstić information content (AvgIpc) is 2.89. The van der Waals surface area contributed by atoms with Crippen LogP contribution in [0.15, 0.2) is 53.5 Å². The van der Waals surface area contributed by atoms with Crippen LogP contribution in [0.4, 0.5) is 5.69 Å². The Morgan fingerprint density at radius 3 is 2.68 bits per heavy atom. The number of carbonyl (C=O) groups is 2. The number of aliphatic hydroxyl groups is 1. The second-order valence-corrected chi connectivity index (χ2v) is 8.43. The maximum Gasteiger partial charge on any atom is 0.264 e. The zero-order valence-electron chi connectivity index (χ0n) is 15.6. The van der Waals surface area contributed by atoms with Crippen molar-refractivity contribution in [2.75, 3.05) is 11.4 Å². The number of hydrogen-bond acceptors (Lipinski definition) is 3. The first-order chi connectivity index (χ1) is 13.4. The van der Waals surface area contributed by atoms with Crippen molar-refractivity contribution in [2.45, 2.75) is 37.7 Å². The number of Topliss-reactive ketones (excluding diaryl/α,β-unsaturated/α-hetero) is 1. The predicted octanol–water partition coefficient (Wildman–Crippen LogP) is 4.32. The van der Waals surface area contributed by atoms with Crippen LogP contribution in [-0.2, 0) is 23.2 Å². The van der Waals surface area contributed by atoms with Gasteiger partial charge in [0.05, 0.1) is 12.1 Å². The third kappa shape index (κ3) is 3.12. The Balaban J connectivity index is 1.68. The molecule has 0 fully saturated rings. The van der Waals surface area contributed by atoms with Gasteiger partial charge in [0.2, 0.25) is 0 Å². The largest absolute Gasteiger partial charge is 0.375 e. The average molecular weight is 440 g/mol. The normalized spacial score (nSPS) is 20.6. The lowest BCUT2D eigenvalue weighted by Crippen LogP contribution is -2.42. The van der Waals surface area contributed by atoms with Crippen molar-refractivity contribution < 1.29 is 14.7 Å². The van der Waals surface area contributed by atoms with E-state index in [0.29, 0.717) is 16.8 Å². The van der Waals surface area contributed by atoms with Gasteiger partial charge in [-0.1, -0.05) is 34.1 Å². The number of carbonyl (C=O) groups excluding carboxylic acids is 2. The van der Waals surface area contributed by atoms with Gasteiger partial charge in [-0.2, -0.15) is 0 Å². The highest BCUT2D eigenvalue weighted by Crippen LogP contribution is 2.44.